The average molecular weight is 377 g/mol. The number of pyridine rings is 1. The first-order valence-electron chi connectivity index (χ1n) is 9.41. The van der Waals surface area contributed by atoms with Gasteiger partial charge in [-0.2, -0.15) is 0 Å². The van der Waals surface area contributed by atoms with Crippen LogP contribution >= 0.6 is 0 Å². The molecule has 7 nitrogen and oxygen atoms in total. The molecule has 2 aromatic heterocycles. The lowest BCUT2D eigenvalue weighted by Gasteiger charge is -2.20. The zero-order valence-corrected chi connectivity index (χ0v) is 16.3. The fraction of sp³-hybridized carbons (Fsp3) is 0.333. The van der Waals surface area contributed by atoms with Gasteiger partial charge in [-0.15, -0.1) is 0 Å². The minimum absolute atomic E-state index is 0.128. The van der Waals surface area contributed by atoms with E-state index in [1.807, 2.05) is 19.9 Å². The summed E-state index contributed by atoms with van der Waals surface area (Å²) in [6.45, 7) is 5.83. The van der Waals surface area contributed by atoms with E-state index in [1.165, 1.54) is 0 Å². The monoisotopic (exact) mass is 377 g/mol. The largest absolute Gasteiger partial charge is 0.497 e. The van der Waals surface area contributed by atoms with Crippen LogP contribution in [0.4, 0.5) is 11.5 Å². The maximum absolute atomic E-state index is 12.8. The number of ether oxygens (including phenoxy) is 1. The summed E-state index contributed by atoms with van der Waals surface area (Å²) in [6, 6.07) is 9.18. The van der Waals surface area contributed by atoms with E-state index in [0.29, 0.717) is 11.3 Å². The Morgan fingerprint density at radius 1 is 1.07 bits per heavy atom. The number of methoxy groups -OCH3 is 1. The second kappa shape index (κ2) is 7.42. The molecular formula is C21H23N5O2. The SMILES string of the molecule is COc1ccc(NC(=O)c2nc(N3CCCC3)c3c(C)cc(C)nc3n2)cc1. The Morgan fingerprint density at radius 3 is 2.46 bits per heavy atom. The van der Waals surface area contributed by atoms with Gasteiger partial charge in [0.05, 0.1) is 12.5 Å². The molecule has 1 aromatic carbocycles. The molecule has 28 heavy (non-hydrogen) atoms. The molecule has 1 aliphatic rings. The molecule has 1 aliphatic heterocycles. The Bertz CT molecular complexity index is 1030. The summed E-state index contributed by atoms with van der Waals surface area (Å²) >= 11 is 0. The molecule has 0 bridgehead atoms. The number of aromatic nitrogens is 3. The van der Waals surface area contributed by atoms with E-state index < -0.39 is 0 Å². The number of amides is 1. The van der Waals surface area contributed by atoms with Crippen molar-refractivity contribution in [1.82, 2.24) is 15.0 Å². The lowest BCUT2D eigenvalue weighted by atomic mass is 10.1. The van der Waals surface area contributed by atoms with Crippen molar-refractivity contribution in [3.8, 4) is 5.75 Å². The van der Waals surface area contributed by atoms with Crippen LogP contribution in [-0.2, 0) is 0 Å². The molecule has 3 heterocycles. The first kappa shape index (κ1) is 18.2. The number of nitrogens with one attached hydrogen (secondary N) is 1. The van der Waals surface area contributed by atoms with Gasteiger partial charge in [-0.3, -0.25) is 4.79 Å². The van der Waals surface area contributed by atoms with Crippen molar-refractivity contribution >= 4 is 28.4 Å². The fourth-order valence-corrected chi connectivity index (χ4v) is 3.58. The summed E-state index contributed by atoms with van der Waals surface area (Å²) in [5.74, 6) is 1.30. The van der Waals surface area contributed by atoms with Crippen LogP contribution in [0.2, 0.25) is 0 Å². The molecule has 7 heteroatoms. The maximum Gasteiger partial charge on any atom is 0.293 e. The topological polar surface area (TPSA) is 80.2 Å². The highest BCUT2D eigenvalue weighted by atomic mass is 16.5. The predicted molar refractivity (Wildman–Crippen MR) is 109 cm³/mol. The molecule has 1 fully saturated rings. The number of rotatable bonds is 4. The second-order valence-corrected chi connectivity index (χ2v) is 7.03. The van der Waals surface area contributed by atoms with E-state index >= 15 is 0 Å². The van der Waals surface area contributed by atoms with E-state index in [2.05, 4.69) is 25.2 Å². The lowest BCUT2D eigenvalue weighted by Crippen LogP contribution is -2.23. The number of benzene rings is 1. The lowest BCUT2D eigenvalue weighted by molar-refractivity contribution is 0.101. The van der Waals surface area contributed by atoms with E-state index in [4.69, 9.17) is 4.74 Å². The van der Waals surface area contributed by atoms with Gasteiger partial charge in [-0.25, -0.2) is 15.0 Å². The van der Waals surface area contributed by atoms with Gasteiger partial charge in [0.2, 0.25) is 5.82 Å². The number of fused-ring (bicyclic) bond motifs is 1. The van der Waals surface area contributed by atoms with Crippen LogP contribution in [0, 0.1) is 13.8 Å². The number of hydrogen-bond donors (Lipinski definition) is 1. The Morgan fingerprint density at radius 2 is 1.79 bits per heavy atom. The standard InChI is InChI=1S/C21H23N5O2/c1-13-12-14(2)22-18-17(13)20(26-10-4-5-11-26)25-19(24-18)21(27)23-15-6-8-16(28-3)9-7-15/h6-9,12H,4-5,10-11H2,1-3H3,(H,23,27). The van der Waals surface area contributed by atoms with Crippen LogP contribution in [0.3, 0.4) is 0 Å². The first-order chi connectivity index (χ1) is 13.5. The number of aryl methyl sites for hydroxylation is 2. The average Bonchev–Trinajstić information content (AvgIpc) is 3.22. The summed E-state index contributed by atoms with van der Waals surface area (Å²) in [6.07, 6.45) is 2.24. The summed E-state index contributed by atoms with van der Waals surface area (Å²) < 4.78 is 5.15. The van der Waals surface area contributed by atoms with Crippen LogP contribution in [0.1, 0.15) is 34.7 Å². The van der Waals surface area contributed by atoms with Gasteiger partial charge in [0, 0.05) is 24.5 Å². The third kappa shape index (κ3) is 3.47. The fourth-order valence-electron chi connectivity index (χ4n) is 3.58. The number of carbonyl (C=O) groups is 1. The van der Waals surface area contributed by atoms with Crippen LogP contribution in [-0.4, -0.2) is 41.1 Å². The number of hydrogen-bond acceptors (Lipinski definition) is 6. The minimum atomic E-state index is -0.353. The quantitative estimate of drug-likeness (QED) is 0.749. The van der Waals surface area contributed by atoms with Crippen molar-refractivity contribution in [3.63, 3.8) is 0 Å². The van der Waals surface area contributed by atoms with Gasteiger partial charge in [0.25, 0.3) is 5.91 Å². The van der Waals surface area contributed by atoms with E-state index in [9.17, 15) is 4.79 Å². The Labute approximate surface area is 163 Å². The molecule has 1 N–H and O–H groups in total. The molecule has 0 radical (unpaired) electrons. The Kier molecular flexibility index (Phi) is 4.81. The van der Waals surface area contributed by atoms with Crippen molar-refractivity contribution in [2.24, 2.45) is 0 Å². The van der Waals surface area contributed by atoms with Gasteiger partial charge in [-0.05, 0) is 62.6 Å². The van der Waals surface area contributed by atoms with Crippen LogP contribution in [0.5, 0.6) is 5.75 Å². The molecule has 4 rings (SSSR count). The van der Waals surface area contributed by atoms with Crippen molar-refractivity contribution in [3.05, 3.63) is 47.4 Å². The van der Waals surface area contributed by atoms with Crippen molar-refractivity contribution in [2.75, 3.05) is 30.4 Å². The number of carbonyl (C=O) groups excluding carboxylic acids is 1. The van der Waals surface area contributed by atoms with Gasteiger partial charge < -0.3 is 15.0 Å². The summed E-state index contributed by atoms with van der Waals surface area (Å²) in [5, 5.41) is 3.78. The Hall–Kier alpha value is -3.22. The zero-order valence-electron chi connectivity index (χ0n) is 16.3. The minimum Gasteiger partial charge on any atom is -0.497 e. The van der Waals surface area contributed by atoms with Crippen molar-refractivity contribution in [1.29, 1.82) is 0 Å². The van der Waals surface area contributed by atoms with Crippen molar-refractivity contribution < 1.29 is 9.53 Å². The second-order valence-electron chi connectivity index (χ2n) is 7.03. The normalized spacial score (nSPS) is 13.8. The van der Waals surface area contributed by atoms with Crippen LogP contribution in [0.15, 0.2) is 30.3 Å². The smallest absolute Gasteiger partial charge is 0.293 e. The predicted octanol–water partition coefficient (Wildman–Crippen LogP) is 3.50. The highest BCUT2D eigenvalue weighted by Gasteiger charge is 2.22. The van der Waals surface area contributed by atoms with E-state index in [1.54, 1.807) is 31.4 Å². The zero-order chi connectivity index (χ0) is 19.7. The van der Waals surface area contributed by atoms with E-state index in [-0.39, 0.29) is 11.7 Å². The molecule has 0 atom stereocenters. The molecule has 3 aromatic rings. The van der Waals surface area contributed by atoms with Gasteiger partial charge in [0.15, 0.2) is 5.65 Å². The Balaban J connectivity index is 1.74. The number of anilines is 2. The van der Waals surface area contributed by atoms with Gasteiger partial charge in [0.1, 0.15) is 11.6 Å². The molecule has 1 saturated heterocycles. The highest BCUT2D eigenvalue weighted by molar-refractivity contribution is 6.04. The van der Waals surface area contributed by atoms with Gasteiger partial charge in [-0.1, -0.05) is 0 Å². The molecule has 1 amide bonds. The number of nitrogens with zero attached hydrogens (tertiary/aromatic N) is 4. The first-order valence-corrected chi connectivity index (χ1v) is 9.41. The molecular weight excluding hydrogens is 354 g/mol. The highest BCUT2D eigenvalue weighted by Crippen LogP contribution is 2.29. The third-order valence-electron chi connectivity index (χ3n) is 4.93. The molecule has 0 spiro atoms. The summed E-state index contributed by atoms with van der Waals surface area (Å²) in [7, 11) is 1.60. The van der Waals surface area contributed by atoms with Crippen LogP contribution < -0.4 is 15.0 Å². The molecule has 0 saturated carbocycles. The maximum atomic E-state index is 12.8. The summed E-state index contributed by atoms with van der Waals surface area (Å²) in [5.41, 5.74) is 3.17. The van der Waals surface area contributed by atoms with Crippen LogP contribution in [0.25, 0.3) is 11.0 Å². The van der Waals surface area contributed by atoms with Gasteiger partial charge >= 0.3 is 0 Å². The third-order valence-corrected chi connectivity index (χ3v) is 4.93. The summed E-state index contributed by atoms with van der Waals surface area (Å²) in [4.78, 5) is 28.7. The van der Waals surface area contributed by atoms with Crippen molar-refractivity contribution in [2.45, 2.75) is 26.7 Å². The van der Waals surface area contributed by atoms with E-state index in [0.717, 1.165) is 54.1 Å². The molecule has 144 valence electrons. The molecule has 0 unspecified atom stereocenters. The molecule has 0 aliphatic carbocycles.